The van der Waals surface area contributed by atoms with Gasteiger partial charge < -0.3 is 15.2 Å². The Labute approximate surface area is 182 Å². The normalized spacial score (nSPS) is 13.4. The first kappa shape index (κ1) is 23.3. The van der Waals surface area contributed by atoms with Crippen molar-refractivity contribution in [1.82, 2.24) is 5.32 Å². The maximum atomic E-state index is 12.2. The summed E-state index contributed by atoms with van der Waals surface area (Å²) in [5, 5.41) is 14.4. The lowest BCUT2D eigenvalue weighted by Gasteiger charge is -2.26. The predicted molar refractivity (Wildman–Crippen MR) is 120 cm³/mol. The van der Waals surface area contributed by atoms with E-state index >= 15 is 0 Å². The number of nitrogens with one attached hydrogen (secondary N) is 1. The van der Waals surface area contributed by atoms with Gasteiger partial charge in [-0.2, -0.15) is 0 Å². The van der Waals surface area contributed by atoms with Gasteiger partial charge in [-0.25, -0.2) is 4.79 Å². The van der Waals surface area contributed by atoms with Crippen LogP contribution in [0.25, 0.3) is 11.1 Å². The minimum absolute atomic E-state index is 0.361. The number of benzene rings is 2. The van der Waals surface area contributed by atoms with Gasteiger partial charge in [0, 0.05) is 10.0 Å². The first-order chi connectivity index (χ1) is 13.6. The quantitative estimate of drug-likeness (QED) is 0.521. The number of halogens is 2. The summed E-state index contributed by atoms with van der Waals surface area (Å²) in [7, 11) is 0. The summed E-state index contributed by atoms with van der Waals surface area (Å²) < 4.78 is 5.32. The molecule has 2 aromatic rings. The minimum atomic E-state index is -0.772. The van der Waals surface area contributed by atoms with E-state index < -0.39 is 23.8 Å². The Hall–Kier alpha value is -2.01. The largest absolute Gasteiger partial charge is 0.444 e. The number of ether oxygens (including phenoxy) is 1. The Kier molecular flexibility index (Phi) is 8.14. The molecule has 0 aliphatic heterocycles. The molecule has 29 heavy (non-hydrogen) atoms. The van der Waals surface area contributed by atoms with Gasteiger partial charge in [0.2, 0.25) is 0 Å². The van der Waals surface area contributed by atoms with E-state index in [1.54, 1.807) is 32.9 Å². The Morgan fingerprint density at radius 3 is 2.24 bits per heavy atom. The molecule has 0 spiro atoms. The molecule has 0 aromatic heterocycles. The molecular formula is C23H27Cl2NO3. The van der Waals surface area contributed by atoms with Gasteiger partial charge in [-0.3, -0.25) is 0 Å². The van der Waals surface area contributed by atoms with Crippen LogP contribution in [-0.2, 0) is 11.2 Å². The lowest BCUT2D eigenvalue weighted by atomic mass is 9.97. The van der Waals surface area contributed by atoms with Gasteiger partial charge in [0.1, 0.15) is 5.60 Å². The van der Waals surface area contributed by atoms with E-state index in [1.807, 2.05) is 36.4 Å². The van der Waals surface area contributed by atoms with Gasteiger partial charge in [-0.1, -0.05) is 53.5 Å². The summed E-state index contributed by atoms with van der Waals surface area (Å²) in [5.74, 6) is 0. The average Bonchev–Trinajstić information content (AvgIpc) is 2.59. The van der Waals surface area contributed by atoms with Crippen molar-refractivity contribution in [3.8, 4) is 11.1 Å². The van der Waals surface area contributed by atoms with Crippen LogP contribution in [0.4, 0.5) is 4.79 Å². The highest BCUT2D eigenvalue weighted by atomic mass is 35.5. The van der Waals surface area contributed by atoms with Crippen LogP contribution < -0.4 is 5.32 Å². The highest BCUT2D eigenvalue weighted by Gasteiger charge is 2.24. The first-order valence-electron chi connectivity index (χ1n) is 9.41. The van der Waals surface area contributed by atoms with E-state index in [0.717, 1.165) is 16.7 Å². The van der Waals surface area contributed by atoms with Gasteiger partial charge in [0.05, 0.1) is 12.1 Å². The minimum Gasteiger partial charge on any atom is -0.444 e. The molecule has 2 aromatic carbocycles. The maximum absolute atomic E-state index is 12.2. The monoisotopic (exact) mass is 435 g/mol. The SMILES string of the molecule is C=CC[C@H](O)[C@@H](Cc1ccc(-c2cc(Cl)cc(Cl)c2)cc1)NC(=O)OC(C)(C)C. The number of aliphatic hydroxyl groups is 1. The molecule has 4 nitrogen and oxygen atoms in total. The molecule has 0 aliphatic rings. The van der Waals surface area contributed by atoms with Crippen molar-refractivity contribution >= 4 is 29.3 Å². The van der Waals surface area contributed by atoms with E-state index in [4.69, 9.17) is 27.9 Å². The van der Waals surface area contributed by atoms with Crippen LogP contribution in [0.1, 0.15) is 32.8 Å². The topological polar surface area (TPSA) is 58.6 Å². The highest BCUT2D eigenvalue weighted by Crippen LogP contribution is 2.27. The van der Waals surface area contributed by atoms with Crippen molar-refractivity contribution in [1.29, 1.82) is 0 Å². The summed E-state index contributed by atoms with van der Waals surface area (Å²) in [6.07, 6.45) is 1.10. The number of hydrogen-bond donors (Lipinski definition) is 2. The van der Waals surface area contributed by atoms with Crippen molar-refractivity contribution in [3.63, 3.8) is 0 Å². The third-order valence-corrected chi connectivity index (χ3v) is 4.62. The number of amides is 1. The van der Waals surface area contributed by atoms with Crippen LogP contribution in [0, 0.1) is 0 Å². The van der Waals surface area contributed by atoms with E-state index in [-0.39, 0.29) is 0 Å². The zero-order valence-corrected chi connectivity index (χ0v) is 18.4. The number of aliphatic hydroxyl groups excluding tert-OH is 1. The molecule has 2 N–H and O–H groups in total. The molecule has 2 rings (SSSR count). The average molecular weight is 436 g/mol. The van der Waals surface area contributed by atoms with Crippen molar-refractivity contribution in [2.24, 2.45) is 0 Å². The Morgan fingerprint density at radius 2 is 1.72 bits per heavy atom. The van der Waals surface area contributed by atoms with Crippen LogP contribution in [0.3, 0.4) is 0 Å². The summed E-state index contributed by atoms with van der Waals surface area (Å²) in [4.78, 5) is 12.2. The van der Waals surface area contributed by atoms with Crippen LogP contribution in [0.15, 0.2) is 55.1 Å². The first-order valence-corrected chi connectivity index (χ1v) is 10.2. The third-order valence-electron chi connectivity index (χ3n) is 4.18. The van der Waals surface area contributed by atoms with Crippen LogP contribution in [-0.4, -0.2) is 28.9 Å². The molecule has 2 atom stereocenters. The van der Waals surface area contributed by atoms with Gasteiger partial charge >= 0.3 is 6.09 Å². The Bertz CT molecular complexity index is 824. The lowest BCUT2D eigenvalue weighted by molar-refractivity contribution is 0.0425. The number of carbonyl (C=O) groups is 1. The molecule has 0 unspecified atom stereocenters. The van der Waals surface area contributed by atoms with E-state index in [9.17, 15) is 9.90 Å². The molecule has 0 aliphatic carbocycles. The number of hydrogen-bond acceptors (Lipinski definition) is 3. The number of alkyl carbamates (subject to hydrolysis) is 1. The van der Waals surface area contributed by atoms with Crippen LogP contribution >= 0.6 is 23.2 Å². The molecule has 1 amide bonds. The van der Waals surface area contributed by atoms with E-state index in [1.165, 1.54) is 0 Å². The summed E-state index contributed by atoms with van der Waals surface area (Å²) in [5.41, 5.74) is 2.24. The predicted octanol–water partition coefficient (Wildman–Crippen LogP) is 6.03. The molecule has 0 saturated heterocycles. The molecule has 156 valence electrons. The smallest absolute Gasteiger partial charge is 0.407 e. The van der Waals surface area contributed by atoms with E-state index in [0.29, 0.717) is 22.9 Å². The Morgan fingerprint density at radius 1 is 1.14 bits per heavy atom. The fraction of sp³-hybridized carbons (Fsp3) is 0.348. The van der Waals surface area contributed by atoms with Gasteiger partial charge in [-0.05, 0) is 68.5 Å². The van der Waals surface area contributed by atoms with Crippen LogP contribution in [0.2, 0.25) is 10.0 Å². The lowest BCUT2D eigenvalue weighted by Crippen LogP contribution is -2.46. The van der Waals surface area contributed by atoms with Crippen molar-refractivity contribution in [2.75, 3.05) is 0 Å². The van der Waals surface area contributed by atoms with Gasteiger partial charge in [-0.15, -0.1) is 6.58 Å². The highest BCUT2D eigenvalue weighted by molar-refractivity contribution is 6.35. The summed E-state index contributed by atoms with van der Waals surface area (Å²) in [6.45, 7) is 9.05. The van der Waals surface area contributed by atoms with Crippen molar-refractivity contribution in [2.45, 2.75) is 51.4 Å². The molecule has 0 bridgehead atoms. The molecule has 0 saturated carbocycles. The molecule has 0 heterocycles. The van der Waals surface area contributed by atoms with Crippen molar-refractivity contribution in [3.05, 3.63) is 70.7 Å². The van der Waals surface area contributed by atoms with E-state index in [2.05, 4.69) is 11.9 Å². The summed E-state index contributed by atoms with van der Waals surface area (Å²) >= 11 is 12.2. The second-order valence-corrected chi connectivity index (χ2v) is 8.78. The van der Waals surface area contributed by atoms with Gasteiger partial charge in [0.25, 0.3) is 0 Å². The molecular weight excluding hydrogens is 409 g/mol. The fourth-order valence-corrected chi connectivity index (χ4v) is 3.41. The molecule has 6 heteroatoms. The number of rotatable bonds is 7. The zero-order valence-electron chi connectivity index (χ0n) is 16.9. The second kappa shape index (κ2) is 10.1. The third kappa shape index (κ3) is 7.73. The molecule has 0 fully saturated rings. The van der Waals surface area contributed by atoms with Crippen molar-refractivity contribution < 1.29 is 14.6 Å². The number of carbonyl (C=O) groups excluding carboxylic acids is 1. The zero-order chi connectivity index (χ0) is 21.6. The molecule has 0 radical (unpaired) electrons. The van der Waals surface area contributed by atoms with Crippen LogP contribution in [0.5, 0.6) is 0 Å². The Balaban J connectivity index is 2.15. The fourth-order valence-electron chi connectivity index (χ4n) is 2.88. The maximum Gasteiger partial charge on any atom is 0.407 e. The van der Waals surface area contributed by atoms with Gasteiger partial charge in [0.15, 0.2) is 0 Å². The second-order valence-electron chi connectivity index (χ2n) is 7.90. The summed E-state index contributed by atoms with van der Waals surface area (Å²) in [6, 6.07) is 12.7. The standard InChI is InChI=1S/C23H27Cl2NO3/c1-5-6-21(27)20(26-22(28)29-23(2,3)4)11-15-7-9-16(10-8-15)17-12-18(24)14-19(25)13-17/h5,7-10,12-14,20-21,27H,1,6,11H2,2-4H3,(H,26,28)/t20-,21+/m1/s1.